The number of benzene rings is 1. The summed E-state index contributed by atoms with van der Waals surface area (Å²) in [6, 6.07) is 0. The fourth-order valence-corrected chi connectivity index (χ4v) is 1.09. The second-order valence-electron chi connectivity index (χ2n) is 2.91. The average molecular weight is 224 g/mol. The maximum atomic E-state index is 13.0. The molecular weight excluding hydrogens is 219 g/mol. The molecule has 0 unspecified atom stereocenters. The molecule has 15 heavy (non-hydrogen) atoms. The minimum atomic E-state index is -2.23. The molecule has 0 aliphatic carbocycles. The van der Waals surface area contributed by atoms with Crippen molar-refractivity contribution in [2.45, 2.75) is 12.8 Å². The lowest BCUT2D eigenvalue weighted by molar-refractivity contribution is -0.108. The van der Waals surface area contributed by atoms with Crippen LogP contribution in [0.2, 0.25) is 0 Å². The molecule has 1 nitrogen and oxygen atoms in total. The van der Waals surface area contributed by atoms with Crippen molar-refractivity contribution < 1.29 is 26.7 Å². The van der Waals surface area contributed by atoms with Gasteiger partial charge in [0.2, 0.25) is 5.82 Å². The van der Waals surface area contributed by atoms with E-state index in [0.29, 0.717) is 0 Å². The predicted molar refractivity (Wildman–Crippen MR) is 40.7 cm³/mol. The van der Waals surface area contributed by atoms with Crippen molar-refractivity contribution in [2.24, 2.45) is 0 Å². The zero-order valence-corrected chi connectivity index (χ0v) is 7.45. The lowest BCUT2D eigenvalue weighted by Gasteiger charge is -2.09. The molecule has 0 saturated heterocycles. The highest BCUT2D eigenvalue weighted by Gasteiger charge is 2.28. The van der Waals surface area contributed by atoms with Crippen molar-refractivity contribution in [3.05, 3.63) is 34.6 Å². The lowest BCUT2D eigenvalue weighted by atomic mass is 10.0. The largest absolute Gasteiger partial charge is 0.303 e. The molecule has 0 aliphatic heterocycles. The van der Waals surface area contributed by atoms with Gasteiger partial charge in [0.25, 0.3) is 0 Å². The number of carbonyl (C=O) groups is 1. The van der Waals surface area contributed by atoms with Crippen LogP contribution in [0, 0.1) is 29.1 Å². The van der Waals surface area contributed by atoms with Gasteiger partial charge in [-0.15, -0.1) is 0 Å². The first-order valence-electron chi connectivity index (χ1n) is 3.88. The van der Waals surface area contributed by atoms with Gasteiger partial charge < -0.3 is 4.79 Å². The van der Waals surface area contributed by atoms with Gasteiger partial charge in [-0.2, -0.15) is 0 Å². The van der Waals surface area contributed by atoms with E-state index >= 15 is 0 Å². The molecule has 0 amide bonds. The Morgan fingerprint density at radius 3 is 1.53 bits per heavy atom. The van der Waals surface area contributed by atoms with E-state index in [1.54, 1.807) is 0 Å². The number of aldehydes is 1. The molecule has 6 heteroatoms. The van der Waals surface area contributed by atoms with Crippen LogP contribution < -0.4 is 0 Å². The quantitative estimate of drug-likeness (QED) is 0.326. The van der Waals surface area contributed by atoms with Crippen molar-refractivity contribution in [3.8, 4) is 0 Å². The van der Waals surface area contributed by atoms with E-state index in [4.69, 9.17) is 0 Å². The third-order valence-electron chi connectivity index (χ3n) is 1.90. The smallest absolute Gasteiger partial charge is 0.200 e. The normalized spacial score (nSPS) is 12.7. The lowest BCUT2D eigenvalue weighted by Crippen LogP contribution is -2.10. The number of hydrogen-bond donors (Lipinski definition) is 0. The maximum absolute atomic E-state index is 13.0. The molecule has 0 fully saturated rings. The molecule has 1 rings (SSSR count). The molecule has 1 aromatic carbocycles. The van der Waals surface area contributed by atoms with E-state index in [0.717, 1.165) is 6.92 Å². The molecule has 0 N–H and O–H groups in total. The minimum Gasteiger partial charge on any atom is -0.303 e. The summed E-state index contributed by atoms with van der Waals surface area (Å²) < 4.78 is 63.7. The highest BCUT2D eigenvalue weighted by molar-refractivity contribution is 5.61. The molecule has 0 radical (unpaired) electrons. The molecule has 1 atom stereocenters. The number of hydrogen-bond acceptors (Lipinski definition) is 1. The van der Waals surface area contributed by atoms with Crippen LogP contribution in [0.3, 0.4) is 0 Å². The summed E-state index contributed by atoms with van der Waals surface area (Å²) in [4.78, 5) is 10.2. The minimum absolute atomic E-state index is 0.0955. The fourth-order valence-electron chi connectivity index (χ4n) is 1.09. The maximum Gasteiger partial charge on any atom is 0.200 e. The van der Waals surface area contributed by atoms with Crippen LogP contribution in [0.5, 0.6) is 0 Å². The van der Waals surface area contributed by atoms with Gasteiger partial charge in [-0.1, -0.05) is 6.92 Å². The Labute approximate surface area is 81.5 Å². The van der Waals surface area contributed by atoms with E-state index in [1.807, 2.05) is 0 Å². The standard InChI is InChI=1S/C9H5F5O/c1-3(2-15)4-5(10)7(12)9(14)8(13)6(4)11/h2-3H,1H3/t3-/m1/s1. The Bertz CT molecular complexity index is 386. The summed E-state index contributed by atoms with van der Waals surface area (Å²) in [6.45, 7) is 1.03. The third-order valence-corrected chi connectivity index (χ3v) is 1.90. The summed E-state index contributed by atoms with van der Waals surface area (Å²) in [5.74, 6) is -11.6. The van der Waals surface area contributed by atoms with E-state index in [9.17, 15) is 26.7 Å². The summed E-state index contributed by atoms with van der Waals surface area (Å²) >= 11 is 0. The first-order chi connectivity index (χ1) is 6.91. The molecule has 82 valence electrons. The van der Waals surface area contributed by atoms with Crippen LogP contribution in [0.1, 0.15) is 18.4 Å². The Morgan fingerprint density at radius 1 is 0.867 bits per heavy atom. The van der Waals surface area contributed by atoms with Crippen molar-refractivity contribution in [1.82, 2.24) is 0 Å². The van der Waals surface area contributed by atoms with E-state index < -0.39 is 40.6 Å². The fraction of sp³-hybridized carbons (Fsp3) is 0.222. The first kappa shape index (κ1) is 11.6. The van der Waals surface area contributed by atoms with E-state index in [2.05, 4.69) is 0 Å². The van der Waals surface area contributed by atoms with Gasteiger partial charge in [-0.25, -0.2) is 22.0 Å². The zero-order valence-electron chi connectivity index (χ0n) is 7.45. The van der Waals surface area contributed by atoms with Crippen LogP contribution in [-0.4, -0.2) is 6.29 Å². The monoisotopic (exact) mass is 224 g/mol. The van der Waals surface area contributed by atoms with Crippen LogP contribution >= 0.6 is 0 Å². The molecule has 0 bridgehead atoms. The van der Waals surface area contributed by atoms with Crippen LogP contribution in [-0.2, 0) is 4.79 Å². The highest BCUT2D eigenvalue weighted by atomic mass is 19.2. The second kappa shape index (κ2) is 3.96. The van der Waals surface area contributed by atoms with Crippen LogP contribution in [0.4, 0.5) is 22.0 Å². The van der Waals surface area contributed by atoms with Gasteiger partial charge in [0.05, 0.1) is 0 Å². The topological polar surface area (TPSA) is 17.1 Å². The summed E-state index contributed by atoms with van der Waals surface area (Å²) in [6.07, 6.45) is 0.0955. The van der Waals surface area contributed by atoms with E-state index in [-0.39, 0.29) is 6.29 Å². The Morgan fingerprint density at radius 2 is 1.20 bits per heavy atom. The summed E-state index contributed by atoms with van der Waals surface area (Å²) in [5, 5.41) is 0. The van der Waals surface area contributed by atoms with Gasteiger partial charge in [0, 0.05) is 11.5 Å². The molecule has 1 aromatic rings. The number of carbonyl (C=O) groups excluding carboxylic acids is 1. The highest BCUT2D eigenvalue weighted by Crippen LogP contribution is 2.27. The van der Waals surface area contributed by atoms with Gasteiger partial charge in [-0.05, 0) is 0 Å². The van der Waals surface area contributed by atoms with Gasteiger partial charge in [0.1, 0.15) is 6.29 Å². The average Bonchev–Trinajstić information content (AvgIpc) is 2.23. The Balaban J connectivity index is 3.59. The SMILES string of the molecule is C[C@H](C=O)c1c(F)c(F)c(F)c(F)c1F. The zero-order chi connectivity index (χ0) is 11.7. The number of rotatable bonds is 2. The summed E-state index contributed by atoms with van der Waals surface area (Å²) in [7, 11) is 0. The van der Waals surface area contributed by atoms with Crippen molar-refractivity contribution in [2.75, 3.05) is 0 Å². The molecule has 0 spiro atoms. The Kier molecular flexibility index (Phi) is 3.06. The van der Waals surface area contributed by atoms with Crippen LogP contribution in [0.25, 0.3) is 0 Å². The van der Waals surface area contributed by atoms with Crippen molar-refractivity contribution in [1.29, 1.82) is 0 Å². The summed E-state index contributed by atoms with van der Waals surface area (Å²) in [5.41, 5.74) is -1.11. The third kappa shape index (κ3) is 1.71. The Hall–Kier alpha value is -1.46. The van der Waals surface area contributed by atoms with Crippen LogP contribution in [0.15, 0.2) is 0 Å². The van der Waals surface area contributed by atoms with Gasteiger partial charge >= 0.3 is 0 Å². The molecular formula is C9H5F5O. The molecule has 0 aliphatic rings. The van der Waals surface area contributed by atoms with Gasteiger partial charge in [0.15, 0.2) is 23.3 Å². The first-order valence-corrected chi connectivity index (χ1v) is 3.88. The van der Waals surface area contributed by atoms with Gasteiger partial charge in [-0.3, -0.25) is 0 Å². The second-order valence-corrected chi connectivity index (χ2v) is 2.91. The number of halogens is 5. The molecule has 0 aromatic heterocycles. The predicted octanol–water partition coefficient (Wildman–Crippen LogP) is 2.68. The van der Waals surface area contributed by atoms with Crippen molar-refractivity contribution in [3.63, 3.8) is 0 Å². The molecule has 0 heterocycles. The van der Waals surface area contributed by atoms with Crippen molar-refractivity contribution >= 4 is 6.29 Å². The molecule has 0 saturated carbocycles. The van der Waals surface area contributed by atoms with E-state index in [1.165, 1.54) is 0 Å².